The van der Waals surface area contributed by atoms with Crippen molar-refractivity contribution in [3.8, 4) is 5.75 Å². The zero-order valence-electron chi connectivity index (χ0n) is 13.6. The molecule has 122 valence electrons. The molecule has 3 N–H and O–H groups in total. The highest BCUT2D eigenvalue weighted by molar-refractivity contribution is 5.77. The number of rotatable bonds is 6. The Morgan fingerprint density at radius 3 is 2.59 bits per heavy atom. The van der Waals surface area contributed by atoms with Gasteiger partial charge in [0.05, 0.1) is 13.7 Å². The van der Waals surface area contributed by atoms with E-state index in [-0.39, 0.29) is 5.41 Å². The summed E-state index contributed by atoms with van der Waals surface area (Å²) in [6.07, 6.45) is 2.96. The summed E-state index contributed by atoms with van der Waals surface area (Å²) < 4.78 is 10.8. The van der Waals surface area contributed by atoms with Gasteiger partial charge in [-0.1, -0.05) is 19.1 Å². The van der Waals surface area contributed by atoms with Gasteiger partial charge in [-0.05, 0) is 37.0 Å². The molecular formula is C17H27N3O2. The highest BCUT2D eigenvalue weighted by Crippen LogP contribution is 2.36. The van der Waals surface area contributed by atoms with Crippen LogP contribution in [0, 0.1) is 0 Å². The quantitative estimate of drug-likeness (QED) is 0.623. The number of nitrogens with one attached hydrogen (secondary N) is 1. The van der Waals surface area contributed by atoms with Crippen LogP contribution in [0.3, 0.4) is 0 Å². The van der Waals surface area contributed by atoms with Gasteiger partial charge in [0.15, 0.2) is 5.96 Å². The molecule has 2 rings (SSSR count). The van der Waals surface area contributed by atoms with E-state index >= 15 is 0 Å². The lowest BCUT2D eigenvalue weighted by atomic mass is 9.74. The van der Waals surface area contributed by atoms with E-state index in [2.05, 4.69) is 29.4 Å². The van der Waals surface area contributed by atoms with Gasteiger partial charge in [0.1, 0.15) is 5.75 Å². The second kappa shape index (κ2) is 8.03. The van der Waals surface area contributed by atoms with Crippen molar-refractivity contribution < 1.29 is 9.47 Å². The minimum Gasteiger partial charge on any atom is -0.497 e. The first-order valence-corrected chi connectivity index (χ1v) is 7.96. The minimum absolute atomic E-state index is 0.00301. The summed E-state index contributed by atoms with van der Waals surface area (Å²) in [5.41, 5.74) is 7.23. The third-order valence-corrected chi connectivity index (χ3v) is 4.26. The molecule has 0 aromatic heterocycles. The minimum atomic E-state index is 0.00301. The summed E-state index contributed by atoms with van der Waals surface area (Å²) in [5.74, 6) is 1.40. The van der Waals surface area contributed by atoms with Crippen LogP contribution in [0.1, 0.15) is 31.7 Å². The van der Waals surface area contributed by atoms with Gasteiger partial charge in [0, 0.05) is 25.2 Å². The summed E-state index contributed by atoms with van der Waals surface area (Å²) in [7, 11) is 1.68. The van der Waals surface area contributed by atoms with Crippen LogP contribution in [0.5, 0.6) is 5.75 Å². The van der Waals surface area contributed by atoms with Gasteiger partial charge in [-0.15, -0.1) is 0 Å². The van der Waals surface area contributed by atoms with Crippen LogP contribution < -0.4 is 15.8 Å². The number of ether oxygens (including phenoxy) is 2. The molecule has 1 aromatic rings. The summed E-state index contributed by atoms with van der Waals surface area (Å²) in [6, 6.07) is 8.29. The lowest BCUT2D eigenvalue weighted by Crippen LogP contribution is -2.39. The Balaban J connectivity index is 2.16. The molecule has 5 heteroatoms. The molecule has 1 aliphatic rings. The average molecular weight is 305 g/mol. The largest absolute Gasteiger partial charge is 0.497 e. The maximum Gasteiger partial charge on any atom is 0.188 e. The van der Waals surface area contributed by atoms with E-state index in [1.165, 1.54) is 5.56 Å². The summed E-state index contributed by atoms with van der Waals surface area (Å²) in [5, 5.41) is 3.14. The fourth-order valence-electron chi connectivity index (χ4n) is 2.79. The van der Waals surface area contributed by atoms with Crippen LogP contribution in [-0.2, 0) is 10.2 Å². The molecule has 5 nitrogen and oxygen atoms in total. The average Bonchev–Trinajstić information content (AvgIpc) is 2.59. The van der Waals surface area contributed by atoms with Gasteiger partial charge >= 0.3 is 0 Å². The predicted molar refractivity (Wildman–Crippen MR) is 89.5 cm³/mol. The second-order valence-electron chi connectivity index (χ2n) is 5.75. The van der Waals surface area contributed by atoms with Gasteiger partial charge < -0.3 is 20.5 Å². The van der Waals surface area contributed by atoms with Crippen LogP contribution >= 0.6 is 0 Å². The molecule has 0 bridgehead atoms. The SMILES string of the molecule is CCCNC(N)=NCC1(c2ccc(OC)cc2)CCOCC1. The van der Waals surface area contributed by atoms with Crippen molar-refractivity contribution in [2.45, 2.75) is 31.6 Å². The van der Waals surface area contributed by atoms with Gasteiger partial charge in [-0.25, -0.2) is 0 Å². The van der Waals surface area contributed by atoms with Gasteiger partial charge in [0.2, 0.25) is 0 Å². The van der Waals surface area contributed by atoms with Gasteiger partial charge in [0.25, 0.3) is 0 Å². The van der Waals surface area contributed by atoms with Gasteiger partial charge in [-0.2, -0.15) is 0 Å². The first kappa shape index (κ1) is 16.6. The molecule has 0 amide bonds. The topological polar surface area (TPSA) is 68.9 Å². The van der Waals surface area contributed by atoms with E-state index in [0.717, 1.165) is 44.8 Å². The molecule has 0 unspecified atom stereocenters. The number of nitrogens with zero attached hydrogens (tertiary/aromatic N) is 1. The fourth-order valence-corrected chi connectivity index (χ4v) is 2.79. The number of guanidine groups is 1. The Morgan fingerprint density at radius 2 is 2.00 bits per heavy atom. The van der Waals surface area contributed by atoms with Crippen LogP contribution in [-0.4, -0.2) is 39.4 Å². The van der Waals surface area contributed by atoms with Crippen molar-refractivity contribution in [3.05, 3.63) is 29.8 Å². The zero-order chi connectivity index (χ0) is 15.8. The molecule has 1 fully saturated rings. The van der Waals surface area contributed by atoms with Crippen LogP contribution in [0.2, 0.25) is 0 Å². The Labute approximate surface area is 132 Å². The summed E-state index contributed by atoms with van der Waals surface area (Å²) in [4.78, 5) is 4.57. The maximum absolute atomic E-state index is 5.95. The van der Waals surface area contributed by atoms with Crippen LogP contribution in [0.25, 0.3) is 0 Å². The van der Waals surface area contributed by atoms with Crippen molar-refractivity contribution in [3.63, 3.8) is 0 Å². The Hall–Kier alpha value is -1.75. The standard InChI is InChI=1S/C17H27N3O2/c1-3-10-19-16(18)20-13-17(8-11-22-12-9-17)14-4-6-15(21-2)7-5-14/h4-7H,3,8-13H2,1-2H3,(H3,18,19,20). The Morgan fingerprint density at radius 1 is 1.32 bits per heavy atom. The van der Waals surface area contributed by atoms with E-state index < -0.39 is 0 Å². The monoisotopic (exact) mass is 305 g/mol. The van der Waals surface area contributed by atoms with E-state index in [9.17, 15) is 0 Å². The molecule has 1 aliphatic heterocycles. The number of nitrogens with two attached hydrogens (primary N) is 1. The van der Waals surface area contributed by atoms with Crippen molar-refractivity contribution in [1.82, 2.24) is 5.32 Å². The van der Waals surface area contributed by atoms with Crippen LogP contribution in [0.15, 0.2) is 29.3 Å². The third kappa shape index (κ3) is 4.13. The molecule has 0 aliphatic carbocycles. The van der Waals surface area contributed by atoms with E-state index in [4.69, 9.17) is 15.2 Å². The molecule has 0 radical (unpaired) electrons. The molecule has 0 saturated carbocycles. The molecule has 22 heavy (non-hydrogen) atoms. The molecule has 1 aromatic carbocycles. The maximum atomic E-state index is 5.95. The van der Waals surface area contributed by atoms with Crippen molar-refractivity contribution in [1.29, 1.82) is 0 Å². The smallest absolute Gasteiger partial charge is 0.188 e. The Kier molecular flexibility index (Phi) is 6.07. The second-order valence-corrected chi connectivity index (χ2v) is 5.75. The van der Waals surface area contributed by atoms with E-state index in [1.54, 1.807) is 7.11 Å². The fraction of sp³-hybridized carbons (Fsp3) is 0.588. The lowest BCUT2D eigenvalue weighted by Gasteiger charge is -2.36. The van der Waals surface area contributed by atoms with E-state index in [0.29, 0.717) is 12.5 Å². The summed E-state index contributed by atoms with van der Waals surface area (Å²) >= 11 is 0. The van der Waals surface area contributed by atoms with Crippen molar-refractivity contribution >= 4 is 5.96 Å². The normalized spacial score (nSPS) is 18.0. The zero-order valence-corrected chi connectivity index (χ0v) is 13.6. The highest BCUT2D eigenvalue weighted by Gasteiger charge is 2.34. The lowest BCUT2D eigenvalue weighted by molar-refractivity contribution is 0.0531. The number of methoxy groups -OCH3 is 1. The first-order valence-electron chi connectivity index (χ1n) is 7.96. The molecule has 1 heterocycles. The molecular weight excluding hydrogens is 278 g/mol. The first-order chi connectivity index (χ1) is 10.7. The van der Waals surface area contributed by atoms with Crippen molar-refractivity contribution in [2.75, 3.05) is 33.4 Å². The molecule has 0 spiro atoms. The number of benzene rings is 1. The van der Waals surface area contributed by atoms with Gasteiger partial charge in [-0.3, -0.25) is 4.99 Å². The number of hydrogen-bond acceptors (Lipinski definition) is 3. The van der Waals surface area contributed by atoms with Crippen molar-refractivity contribution in [2.24, 2.45) is 10.7 Å². The predicted octanol–water partition coefficient (Wildman–Crippen LogP) is 2.06. The third-order valence-electron chi connectivity index (χ3n) is 4.26. The summed E-state index contributed by atoms with van der Waals surface area (Å²) in [6.45, 7) is 5.19. The number of hydrogen-bond donors (Lipinski definition) is 2. The molecule has 1 saturated heterocycles. The Bertz CT molecular complexity index is 479. The van der Waals surface area contributed by atoms with Crippen LogP contribution in [0.4, 0.5) is 0 Å². The number of aliphatic imine (C=N–C) groups is 1. The molecule has 0 atom stereocenters. The van der Waals surface area contributed by atoms with E-state index in [1.807, 2.05) is 12.1 Å². The highest BCUT2D eigenvalue weighted by atomic mass is 16.5.